The number of carbonyl (C=O) groups is 2. The Kier molecular flexibility index (Phi) is 6.97. The second-order valence-electron chi connectivity index (χ2n) is 8.18. The maximum Gasteiger partial charge on any atom is 0.319 e. The molecule has 0 saturated carbocycles. The van der Waals surface area contributed by atoms with Crippen LogP contribution >= 0.6 is 11.8 Å². The monoisotopic (exact) mass is 435 g/mol. The molecule has 3 amide bonds. The third kappa shape index (κ3) is 5.70. The number of nitrogens with zero attached hydrogens (tertiary/aromatic N) is 1. The quantitative estimate of drug-likeness (QED) is 0.577. The summed E-state index contributed by atoms with van der Waals surface area (Å²) in [5.41, 5.74) is 5.28. The van der Waals surface area contributed by atoms with Gasteiger partial charge in [-0.2, -0.15) is 0 Å². The molecule has 0 spiro atoms. The number of nitrogens with one attached hydrogen (secondary N) is 2. The van der Waals surface area contributed by atoms with Crippen molar-refractivity contribution in [3.8, 4) is 0 Å². The molecule has 0 fully saturated rings. The predicted molar refractivity (Wildman–Crippen MR) is 128 cm³/mol. The fraction of sp³-hybridized carbons (Fsp3) is 0.360. The van der Waals surface area contributed by atoms with E-state index in [-0.39, 0.29) is 11.9 Å². The molecule has 2 aromatic carbocycles. The first-order chi connectivity index (χ1) is 15.1. The molecular weight excluding hydrogens is 406 g/mol. The van der Waals surface area contributed by atoms with Gasteiger partial charge in [-0.3, -0.25) is 4.79 Å². The van der Waals surface area contributed by atoms with Gasteiger partial charge in [-0.05, 0) is 62.8 Å². The molecule has 2 aliphatic rings. The van der Waals surface area contributed by atoms with Gasteiger partial charge in [0.05, 0.1) is 18.0 Å². The number of rotatable bonds is 6. The van der Waals surface area contributed by atoms with E-state index in [0.717, 1.165) is 35.4 Å². The molecule has 0 unspecified atom stereocenters. The smallest absolute Gasteiger partial charge is 0.319 e. The molecule has 1 aliphatic carbocycles. The first kappa shape index (κ1) is 21.5. The zero-order valence-corrected chi connectivity index (χ0v) is 18.8. The topological polar surface area (TPSA) is 61.4 Å². The molecule has 5 nitrogen and oxygen atoms in total. The molecule has 0 radical (unpaired) electrons. The van der Waals surface area contributed by atoms with E-state index in [4.69, 9.17) is 0 Å². The van der Waals surface area contributed by atoms with Gasteiger partial charge in [0.2, 0.25) is 5.91 Å². The van der Waals surface area contributed by atoms with Gasteiger partial charge in [-0.1, -0.05) is 41.5 Å². The Bertz CT molecular complexity index is 985. The van der Waals surface area contributed by atoms with Crippen molar-refractivity contribution in [3.63, 3.8) is 0 Å². The van der Waals surface area contributed by atoms with Gasteiger partial charge in [0.15, 0.2) is 0 Å². The van der Waals surface area contributed by atoms with Crippen LogP contribution in [0.15, 0.2) is 59.0 Å². The lowest BCUT2D eigenvalue weighted by Crippen LogP contribution is -2.35. The second-order valence-corrected chi connectivity index (χ2v) is 9.19. The average molecular weight is 436 g/mol. The van der Waals surface area contributed by atoms with Crippen molar-refractivity contribution in [2.45, 2.75) is 50.5 Å². The van der Waals surface area contributed by atoms with Crippen LogP contribution < -0.4 is 15.5 Å². The number of amides is 3. The molecule has 31 heavy (non-hydrogen) atoms. The summed E-state index contributed by atoms with van der Waals surface area (Å²) in [6.07, 6.45) is 8.06. The van der Waals surface area contributed by atoms with Crippen LogP contribution in [0.2, 0.25) is 0 Å². The van der Waals surface area contributed by atoms with E-state index in [1.165, 1.54) is 24.0 Å². The number of hydrogen-bond acceptors (Lipinski definition) is 3. The highest BCUT2D eigenvalue weighted by atomic mass is 32.2. The van der Waals surface area contributed by atoms with Crippen molar-refractivity contribution in [3.05, 3.63) is 65.2 Å². The van der Waals surface area contributed by atoms with Crippen molar-refractivity contribution >= 4 is 35.1 Å². The van der Waals surface area contributed by atoms with Crippen LogP contribution in [0.1, 0.15) is 43.2 Å². The van der Waals surface area contributed by atoms with Gasteiger partial charge in [0, 0.05) is 17.1 Å². The number of thioether (sulfide) groups is 1. The molecule has 0 aromatic heterocycles. The number of anilines is 2. The Morgan fingerprint density at radius 3 is 2.74 bits per heavy atom. The third-order valence-corrected chi connectivity index (χ3v) is 6.79. The van der Waals surface area contributed by atoms with Crippen molar-refractivity contribution in [2.24, 2.45) is 0 Å². The van der Waals surface area contributed by atoms with E-state index in [1.807, 2.05) is 23.1 Å². The Morgan fingerprint density at radius 2 is 1.97 bits per heavy atom. The van der Waals surface area contributed by atoms with Crippen molar-refractivity contribution in [1.82, 2.24) is 5.32 Å². The Hall–Kier alpha value is -2.73. The van der Waals surface area contributed by atoms with Crippen LogP contribution in [-0.2, 0) is 11.3 Å². The zero-order valence-electron chi connectivity index (χ0n) is 17.9. The summed E-state index contributed by atoms with van der Waals surface area (Å²) in [7, 11) is 0. The first-order valence-electron chi connectivity index (χ1n) is 10.9. The zero-order chi connectivity index (χ0) is 21.6. The number of urea groups is 1. The average Bonchev–Trinajstić information content (AvgIpc) is 2.78. The van der Waals surface area contributed by atoms with Gasteiger partial charge in [0.1, 0.15) is 0 Å². The van der Waals surface area contributed by atoms with Crippen LogP contribution in [0.3, 0.4) is 0 Å². The summed E-state index contributed by atoms with van der Waals surface area (Å²) in [5, 5.41) is 5.87. The molecular formula is C25H29N3O2S. The van der Waals surface area contributed by atoms with Gasteiger partial charge < -0.3 is 15.5 Å². The largest absolute Gasteiger partial charge is 0.338 e. The lowest BCUT2D eigenvalue weighted by Gasteiger charge is -2.29. The maximum atomic E-state index is 12.7. The summed E-state index contributed by atoms with van der Waals surface area (Å²) in [5.74, 6) is 0.516. The van der Waals surface area contributed by atoms with E-state index in [9.17, 15) is 9.59 Å². The Labute approximate surface area is 188 Å². The van der Waals surface area contributed by atoms with E-state index < -0.39 is 0 Å². The van der Waals surface area contributed by atoms with Gasteiger partial charge in [0.25, 0.3) is 0 Å². The fourth-order valence-corrected chi connectivity index (χ4v) is 4.89. The minimum Gasteiger partial charge on any atom is -0.338 e. The Morgan fingerprint density at radius 1 is 1.13 bits per heavy atom. The molecule has 6 heteroatoms. The number of hydrogen-bond donors (Lipinski definition) is 2. The molecule has 4 rings (SSSR count). The third-order valence-electron chi connectivity index (χ3n) is 5.74. The first-order valence-corrected chi connectivity index (χ1v) is 11.9. The number of benzene rings is 2. The minimum absolute atomic E-state index is 0.0837. The van der Waals surface area contributed by atoms with Crippen LogP contribution in [0, 0.1) is 6.92 Å². The molecule has 0 saturated heterocycles. The number of carbonyl (C=O) groups excluding carboxylic acids is 2. The van der Waals surface area contributed by atoms with Crippen molar-refractivity contribution < 1.29 is 9.59 Å². The maximum absolute atomic E-state index is 12.7. The molecule has 2 aromatic rings. The summed E-state index contributed by atoms with van der Waals surface area (Å²) in [6, 6.07) is 13.8. The predicted octanol–water partition coefficient (Wildman–Crippen LogP) is 5.65. The summed E-state index contributed by atoms with van der Waals surface area (Å²) in [4.78, 5) is 27.9. The van der Waals surface area contributed by atoms with Crippen LogP contribution in [0.5, 0.6) is 0 Å². The number of aryl methyl sites for hydroxylation is 1. The fourth-order valence-electron chi connectivity index (χ4n) is 3.97. The Balaban J connectivity index is 1.40. The van der Waals surface area contributed by atoms with Gasteiger partial charge >= 0.3 is 6.03 Å². The van der Waals surface area contributed by atoms with Gasteiger partial charge in [-0.25, -0.2) is 4.79 Å². The SMILES string of the molecule is Cc1ccc(CN2C(=O)CSc3ccc(NC(=O)NCCC4=CCCCC4)cc32)cc1. The lowest BCUT2D eigenvalue weighted by atomic mass is 9.97. The van der Waals surface area contributed by atoms with E-state index in [2.05, 4.69) is 47.9 Å². The highest BCUT2D eigenvalue weighted by Gasteiger charge is 2.25. The van der Waals surface area contributed by atoms with E-state index >= 15 is 0 Å². The molecule has 1 aliphatic heterocycles. The number of fused-ring (bicyclic) bond motifs is 1. The molecule has 1 heterocycles. The molecule has 0 bridgehead atoms. The molecule has 2 N–H and O–H groups in total. The van der Waals surface area contributed by atoms with Crippen LogP contribution in [0.25, 0.3) is 0 Å². The van der Waals surface area contributed by atoms with E-state index in [0.29, 0.717) is 24.5 Å². The highest BCUT2D eigenvalue weighted by Crippen LogP contribution is 2.38. The minimum atomic E-state index is -0.212. The summed E-state index contributed by atoms with van der Waals surface area (Å²) < 4.78 is 0. The molecule has 0 atom stereocenters. The summed E-state index contributed by atoms with van der Waals surface area (Å²) in [6.45, 7) is 3.21. The molecule has 162 valence electrons. The number of allylic oxidation sites excluding steroid dienone is 1. The highest BCUT2D eigenvalue weighted by molar-refractivity contribution is 8.00. The van der Waals surface area contributed by atoms with Crippen LogP contribution in [-0.4, -0.2) is 24.2 Å². The van der Waals surface area contributed by atoms with E-state index in [1.54, 1.807) is 11.8 Å². The van der Waals surface area contributed by atoms with Crippen LogP contribution in [0.4, 0.5) is 16.2 Å². The summed E-state index contributed by atoms with van der Waals surface area (Å²) >= 11 is 1.55. The normalized spacial score (nSPS) is 15.8. The van der Waals surface area contributed by atoms with Crippen molar-refractivity contribution in [1.29, 1.82) is 0 Å². The lowest BCUT2D eigenvalue weighted by molar-refractivity contribution is -0.116. The van der Waals surface area contributed by atoms with Crippen molar-refractivity contribution in [2.75, 3.05) is 22.5 Å². The standard InChI is InChI=1S/C25H29N3O2S/c1-18-7-9-20(10-8-18)16-28-22-15-21(11-12-23(22)31-17-24(28)29)27-25(30)26-14-13-19-5-3-2-4-6-19/h5,7-12,15H,2-4,6,13-14,16-17H2,1H3,(H2,26,27,30). The van der Waals surface area contributed by atoms with Gasteiger partial charge in [-0.15, -0.1) is 11.8 Å². The second kappa shape index (κ2) is 10.1.